The van der Waals surface area contributed by atoms with Crippen LogP contribution in [0.4, 0.5) is 4.79 Å². The number of hydrogen-bond donors (Lipinski definition) is 1. The Morgan fingerprint density at radius 2 is 2.00 bits per heavy atom. The van der Waals surface area contributed by atoms with Gasteiger partial charge in [0.1, 0.15) is 10.8 Å². The van der Waals surface area contributed by atoms with Gasteiger partial charge in [0.2, 0.25) is 0 Å². The van der Waals surface area contributed by atoms with Crippen LogP contribution in [0.2, 0.25) is 0 Å². The maximum Gasteiger partial charge on any atom is 0.407 e. The van der Waals surface area contributed by atoms with Crippen LogP contribution in [-0.4, -0.2) is 24.0 Å². The highest BCUT2D eigenvalue weighted by molar-refractivity contribution is 6.30. The van der Waals surface area contributed by atoms with E-state index in [1.165, 1.54) is 0 Å². The van der Waals surface area contributed by atoms with Crippen LogP contribution in [0.1, 0.15) is 48.0 Å². The molecular weight excluding hydrogens is 276 g/mol. The van der Waals surface area contributed by atoms with Crippen molar-refractivity contribution >= 4 is 23.4 Å². The van der Waals surface area contributed by atoms with Gasteiger partial charge in [-0.25, -0.2) is 9.79 Å². The summed E-state index contributed by atoms with van der Waals surface area (Å²) >= 11 is 5.91. The number of rotatable bonds is 5. The molecule has 0 fully saturated rings. The van der Waals surface area contributed by atoms with Gasteiger partial charge >= 0.3 is 6.09 Å². The lowest BCUT2D eigenvalue weighted by Gasteiger charge is -2.19. The summed E-state index contributed by atoms with van der Waals surface area (Å²) < 4.78 is 5.18. The van der Waals surface area contributed by atoms with Crippen LogP contribution in [0.25, 0.3) is 0 Å². The second-order valence-corrected chi connectivity index (χ2v) is 5.80. The first kappa shape index (κ1) is 18.7. The monoisotopic (exact) mass is 300 g/mol. The van der Waals surface area contributed by atoms with E-state index in [1.54, 1.807) is 13.0 Å². The van der Waals surface area contributed by atoms with E-state index in [0.29, 0.717) is 10.9 Å². The van der Waals surface area contributed by atoms with Crippen molar-refractivity contribution in [1.82, 2.24) is 5.32 Å². The molecule has 0 bridgehead atoms. The van der Waals surface area contributed by atoms with Crippen molar-refractivity contribution < 1.29 is 9.53 Å². The zero-order chi connectivity index (χ0) is 15.8. The average molecular weight is 301 g/mol. The topological polar surface area (TPSA) is 50.7 Å². The number of nitrogens with one attached hydrogen (secondary N) is 1. The SMILES string of the molecule is C\C=C(Cl)/N=C(\C=C(/C)CC)CNC(=O)OC(C)(C)C. The fourth-order valence-electron chi connectivity index (χ4n) is 1.19. The molecule has 0 saturated heterocycles. The summed E-state index contributed by atoms with van der Waals surface area (Å²) in [5.41, 5.74) is 1.34. The number of alkyl carbamates (subject to hydrolysis) is 1. The molecule has 0 aromatic rings. The van der Waals surface area contributed by atoms with Gasteiger partial charge in [0.15, 0.2) is 0 Å². The minimum absolute atomic E-state index is 0.274. The summed E-state index contributed by atoms with van der Waals surface area (Å²) in [6.07, 6.45) is 4.07. The Hall–Kier alpha value is -1.29. The first-order chi connectivity index (χ1) is 9.17. The minimum atomic E-state index is -0.516. The zero-order valence-corrected chi connectivity index (χ0v) is 14.0. The second-order valence-electron chi connectivity index (χ2n) is 5.41. The van der Waals surface area contributed by atoms with Gasteiger partial charge in [-0.1, -0.05) is 30.2 Å². The maximum absolute atomic E-state index is 11.6. The van der Waals surface area contributed by atoms with Crippen LogP contribution in [0, 0.1) is 0 Å². The Balaban J connectivity index is 4.77. The zero-order valence-electron chi connectivity index (χ0n) is 13.2. The number of halogens is 1. The predicted octanol–water partition coefficient (Wildman–Crippen LogP) is 4.41. The highest BCUT2D eigenvalue weighted by Crippen LogP contribution is 2.08. The molecule has 1 amide bonds. The minimum Gasteiger partial charge on any atom is -0.444 e. The third-order valence-electron chi connectivity index (χ3n) is 2.27. The van der Waals surface area contributed by atoms with Crippen LogP contribution < -0.4 is 5.32 Å². The molecule has 0 aliphatic carbocycles. The fraction of sp³-hybridized carbons (Fsp3) is 0.600. The van der Waals surface area contributed by atoms with E-state index >= 15 is 0 Å². The van der Waals surface area contributed by atoms with Crippen molar-refractivity contribution in [2.24, 2.45) is 4.99 Å². The van der Waals surface area contributed by atoms with Gasteiger partial charge in [-0.3, -0.25) is 0 Å². The van der Waals surface area contributed by atoms with Crippen LogP contribution in [0.3, 0.4) is 0 Å². The molecule has 0 spiro atoms. The van der Waals surface area contributed by atoms with Crippen molar-refractivity contribution in [1.29, 1.82) is 0 Å². The Labute approximate surface area is 126 Å². The van der Waals surface area contributed by atoms with E-state index in [9.17, 15) is 4.79 Å². The number of carbonyl (C=O) groups is 1. The van der Waals surface area contributed by atoms with Gasteiger partial charge in [-0.2, -0.15) is 0 Å². The highest BCUT2D eigenvalue weighted by Gasteiger charge is 2.15. The summed E-state index contributed by atoms with van der Waals surface area (Å²) in [7, 11) is 0. The molecule has 0 aromatic carbocycles. The lowest BCUT2D eigenvalue weighted by molar-refractivity contribution is 0.0536. The average Bonchev–Trinajstić information content (AvgIpc) is 2.33. The number of ether oxygens (including phenoxy) is 1. The van der Waals surface area contributed by atoms with Gasteiger partial charge < -0.3 is 10.1 Å². The summed E-state index contributed by atoms with van der Waals surface area (Å²) in [5, 5.41) is 3.07. The van der Waals surface area contributed by atoms with Gasteiger partial charge in [0.05, 0.1) is 12.3 Å². The summed E-state index contributed by atoms with van der Waals surface area (Å²) in [4.78, 5) is 15.9. The quantitative estimate of drug-likeness (QED) is 0.604. The number of amides is 1. The molecule has 0 rings (SSSR count). The normalized spacial score (nSPS) is 14.2. The maximum atomic E-state index is 11.6. The number of carbonyl (C=O) groups excluding carboxylic acids is 1. The van der Waals surface area contributed by atoms with Crippen molar-refractivity contribution in [2.45, 2.75) is 53.6 Å². The Kier molecular flexibility index (Phi) is 8.23. The Morgan fingerprint density at radius 3 is 2.45 bits per heavy atom. The van der Waals surface area contributed by atoms with Crippen LogP contribution in [-0.2, 0) is 4.74 Å². The molecule has 0 unspecified atom stereocenters. The Bertz CT molecular complexity index is 418. The van der Waals surface area contributed by atoms with Crippen molar-refractivity contribution in [3.8, 4) is 0 Å². The smallest absolute Gasteiger partial charge is 0.407 e. The molecule has 5 heteroatoms. The van der Waals surface area contributed by atoms with E-state index in [4.69, 9.17) is 16.3 Å². The lowest BCUT2D eigenvalue weighted by Crippen LogP contribution is -2.35. The summed E-state index contributed by atoms with van der Waals surface area (Å²) in [6.45, 7) is 11.6. The molecular formula is C15H25ClN2O2. The molecule has 0 saturated carbocycles. The highest BCUT2D eigenvalue weighted by atomic mass is 35.5. The van der Waals surface area contributed by atoms with Crippen molar-refractivity contribution in [2.75, 3.05) is 6.54 Å². The molecule has 0 radical (unpaired) electrons. The van der Waals surface area contributed by atoms with Gasteiger partial charge in [-0.05, 0) is 47.1 Å². The molecule has 0 atom stereocenters. The van der Waals surface area contributed by atoms with E-state index < -0.39 is 11.7 Å². The number of hydrogen-bond acceptors (Lipinski definition) is 3. The lowest BCUT2D eigenvalue weighted by atomic mass is 10.2. The molecule has 4 nitrogen and oxygen atoms in total. The van der Waals surface area contributed by atoms with Crippen molar-refractivity contribution in [3.63, 3.8) is 0 Å². The van der Waals surface area contributed by atoms with Crippen LogP contribution in [0.15, 0.2) is 27.9 Å². The third-order valence-corrected chi connectivity index (χ3v) is 2.57. The molecule has 20 heavy (non-hydrogen) atoms. The van der Waals surface area contributed by atoms with Crippen molar-refractivity contribution in [3.05, 3.63) is 22.9 Å². The Morgan fingerprint density at radius 1 is 1.40 bits per heavy atom. The van der Waals surface area contributed by atoms with E-state index in [-0.39, 0.29) is 6.54 Å². The third kappa shape index (κ3) is 9.62. The van der Waals surface area contributed by atoms with Gasteiger partial charge in [-0.15, -0.1) is 0 Å². The van der Waals surface area contributed by atoms with Crippen LogP contribution >= 0.6 is 11.6 Å². The van der Waals surface area contributed by atoms with Crippen LogP contribution in [0.5, 0.6) is 0 Å². The molecule has 0 aliphatic heterocycles. The first-order valence-corrected chi connectivity index (χ1v) is 7.09. The van der Waals surface area contributed by atoms with Gasteiger partial charge in [0, 0.05) is 0 Å². The van der Waals surface area contributed by atoms with Gasteiger partial charge in [0.25, 0.3) is 0 Å². The fourth-order valence-corrected chi connectivity index (χ4v) is 1.30. The first-order valence-electron chi connectivity index (χ1n) is 6.71. The second kappa shape index (κ2) is 8.80. The van der Waals surface area contributed by atoms with E-state index in [2.05, 4.69) is 17.2 Å². The summed E-state index contributed by atoms with van der Waals surface area (Å²) in [6, 6.07) is 0. The molecule has 1 N–H and O–H groups in total. The number of nitrogens with zero attached hydrogens (tertiary/aromatic N) is 1. The molecule has 0 heterocycles. The number of allylic oxidation sites excluding steroid dienone is 2. The standard InChI is InChI=1S/C15H25ClN2O2/c1-7-11(3)9-12(18-13(16)8-2)10-17-14(19)20-15(4,5)6/h8-9H,7,10H2,1-6H3,(H,17,19)/b11-9+,13-8-,18-12+. The van der Waals surface area contributed by atoms with E-state index in [0.717, 1.165) is 12.0 Å². The molecule has 0 aromatic heterocycles. The largest absolute Gasteiger partial charge is 0.444 e. The number of aliphatic imine (C=N–C) groups is 1. The molecule has 0 aliphatic rings. The van der Waals surface area contributed by atoms with E-state index in [1.807, 2.05) is 33.8 Å². The predicted molar refractivity (Wildman–Crippen MR) is 85.3 cm³/mol. The summed E-state index contributed by atoms with van der Waals surface area (Å²) in [5.74, 6) is 0. The molecule has 114 valence electrons.